The van der Waals surface area contributed by atoms with Crippen LogP contribution in [0.15, 0.2) is 0 Å². The standard InChI is InChI=1S/Al.ClH.Mg.O.2H/h;1H;;;;/q;;+2;;2*-1. The molecular formula is H3AlClMgO. The second kappa shape index (κ2) is 26.1. The maximum absolute atomic E-state index is 8.17. The Morgan fingerprint density at radius 1 is 1.50 bits per heavy atom. The van der Waals surface area contributed by atoms with Gasteiger partial charge in [-0.05, 0) is 0 Å². The molecule has 0 fully saturated rings. The van der Waals surface area contributed by atoms with E-state index in [1.165, 1.54) is 16.2 Å². The predicted molar refractivity (Wildman–Crippen MR) is 21.7 cm³/mol. The van der Waals surface area contributed by atoms with E-state index in [1.54, 1.807) is 0 Å². The first-order valence-electron chi connectivity index (χ1n) is 0.236. The molecular weight excluding hydrogens is 103 g/mol. The molecule has 1 nitrogen and oxygen atoms in total. The van der Waals surface area contributed by atoms with E-state index in [9.17, 15) is 0 Å². The fourth-order valence-corrected chi connectivity index (χ4v) is 0. The molecule has 0 atom stereocenters. The molecule has 0 aliphatic heterocycles. The first-order chi connectivity index (χ1) is 1.00. The van der Waals surface area contributed by atoms with E-state index in [0.717, 1.165) is 0 Å². The molecule has 0 N–H and O–H groups in total. The summed E-state index contributed by atoms with van der Waals surface area (Å²) in [5, 5.41) is 0. The van der Waals surface area contributed by atoms with E-state index in [2.05, 4.69) is 0 Å². The van der Waals surface area contributed by atoms with Crippen molar-refractivity contribution in [3.63, 3.8) is 0 Å². The van der Waals surface area contributed by atoms with Crippen LogP contribution in [-0.2, 0) is 3.80 Å². The summed E-state index contributed by atoms with van der Waals surface area (Å²) in [4.78, 5) is 0. The van der Waals surface area contributed by atoms with Gasteiger partial charge in [0.15, 0.2) is 0 Å². The van der Waals surface area contributed by atoms with Crippen LogP contribution in [-0.4, -0.2) is 39.3 Å². The van der Waals surface area contributed by atoms with Crippen molar-refractivity contribution in [3.05, 3.63) is 0 Å². The molecule has 21 valence electrons. The minimum atomic E-state index is 0. The van der Waals surface area contributed by atoms with Crippen LogP contribution in [0.3, 0.4) is 0 Å². The van der Waals surface area contributed by atoms with Crippen LogP contribution in [0.4, 0.5) is 0 Å². The van der Waals surface area contributed by atoms with Gasteiger partial charge in [-0.1, -0.05) is 0 Å². The Morgan fingerprint density at radius 2 is 1.50 bits per heavy atom. The van der Waals surface area contributed by atoms with Crippen LogP contribution in [0.1, 0.15) is 2.85 Å². The quantitative estimate of drug-likeness (QED) is 0.389. The Kier molecular flexibility index (Phi) is 119. The van der Waals surface area contributed by atoms with Crippen molar-refractivity contribution in [1.29, 1.82) is 0 Å². The van der Waals surface area contributed by atoms with E-state index in [0.29, 0.717) is 0 Å². The Hall–Kier alpha value is 1.39. The molecule has 0 amide bonds. The molecule has 0 saturated heterocycles. The van der Waals surface area contributed by atoms with E-state index in [4.69, 9.17) is 3.80 Å². The van der Waals surface area contributed by atoms with Gasteiger partial charge in [-0.3, -0.25) is 0 Å². The van der Waals surface area contributed by atoms with E-state index in [1.807, 2.05) is 0 Å². The molecule has 0 rings (SSSR count). The molecule has 0 bridgehead atoms. The Labute approximate surface area is 58.3 Å². The fraction of sp³-hybridized carbons (Fsp3) is 0. The summed E-state index contributed by atoms with van der Waals surface area (Å²) in [5.74, 6) is 0. The molecule has 0 saturated carbocycles. The van der Waals surface area contributed by atoms with Gasteiger partial charge in [0.25, 0.3) is 0 Å². The van der Waals surface area contributed by atoms with Gasteiger partial charge in [0.2, 0.25) is 0 Å². The van der Waals surface area contributed by atoms with Gasteiger partial charge in [-0.25, -0.2) is 0 Å². The predicted octanol–water partition coefficient (Wildman–Crippen LogP) is -0.234. The van der Waals surface area contributed by atoms with Crippen molar-refractivity contribution in [1.82, 2.24) is 0 Å². The number of hydrogen-bond acceptors (Lipinski definition) is 1. The van der Waals surface area contributed by atoms with Crippen molar-refractivity contribution in [3.8, 4) is 0 Å². The van der Waals surface area contributed by atoms with Crippen molar-refractivity contribution >= 4 is 51.7 Å². The zero-order chi connectivity index (χ0) is 2.00. The summed E-state index contributed by atoms with van der Waals surface area (Å²) in [6.45, 7) is 0. The molecule has 0 aromatic rings. The zero-order valence-electron chi connectivity index (χ0n) is 4.10. The SMILES string of the molecule is Cl.[H-].[H-].[Mg+2].[O]=[Al]. The number of halogens is 1. The molecule has 0 aromatic heterocycles. The van der Waals surface area contributed by atoms with Crippen LogP contribution in [0.2, 0.25) is 0 Å². The summed E-state index contributed by atoms with van der Waals surface area (Å²) >= 11 is 1.17. The van der Waals surface area contributed by atoms with Gasteiger partial charge in [0, 0.05) is 0 Å². The van der Waals surface area contributed by atoms with Gasteiger partial charge in [0.1, 0.15) is 0 Å². The van der Waals surface area contributed by atoms with Crippen LogP contribution in [0.25, 0.3) is 0 Å². The van der Waals surface area contributed by atoms with Crippen LogP contribution in [0, 0.1) is 0 Å². The average Bonchev–Trinajstić information content (AvgIpc) is 1.00. The van der Waals surface area contributed by atoms with Crippen molar-refractivity contribution < 1.29 is 6.66 Å². The third-order valence-electron chi connectivity index (χ3n) is 0. The van der Waals surface area contributed by atoms with Crippen molar-refractivity contribution in [2.24, 2.45) is 0 Å². The normalized spacial score (nSPS) is 0.750. The molecule has 4 heavy (non-hydrogen) atoms. The Balaban J connectivity index is -0.000000000833. The summed E-state index contributed by atoms with van der Waals surface area (Å²) in [7, 11) is 0. The van der Waals surface area contributed by atoms with E-state index < -0.39 is 0 Å². The fourth-order valence-electron chi connectivity index (χ4n) is 0. The summed E-state index contributed by atoms with van der Waals surface area (Å²) < 4.78 is 8.17. The van der Waals surface area contributed by atoms with Crippen molar-refractivity contribution in [2.45, 2.75) is 0 Å². The minimum absolute atomic E-state index is 0. The summed E-state index contributed by atoms with van der Waals surface area (Å²) in [6, 6.07) is 0. The van der Waals surface area contributed by atoms with Crippen LogP contribution >= 0.6 is 12.4 Å². The molecule has 4 heteroatoms. The third kappa shape index (κ3) is 10.0. The summed E-state index contributed by atoms with van der Waals surface area (Å²) in [6.07, 6.45) is 0. The molecule has 0 aromatic carbocycles. The Morgan fingerprint density at radius 3 is 1.50 bits per heavy atom. The van der Waals surface area contributed by atoms with Crippen molar-refractivity contribution in [2.75, 3.05) is 0 Å². The molecule has 0 unspecified atom stereocenters. The molecule has 1 radical (unpaired) electrons. The molecule has 0 heterocycles. The first-order valence-corrected chi connectivity index (χ1v) is 0.707. The molecule has 0 aliphatic rings. The van der Waals surface area contributed by atoms with Gasteiger partial charge in [0.05, 0.1) is 0 Å². The molecule has 0 spiro atoms. The van der Waals surface area contributed by atoms with Crippen LogP contribution in [0.5, 0.6) is 0 Å². The van der Waals surface area contributed by atoms with Gasteiger partial charge in [-0.15, -0.1) is 12.4 Å². The van der Waals surface area contributed by atoms with Gasteiger partial charge >= 0.3 is 43.1 Å². The number of hydrogen-bond donors (Lipinski definition) is 0. The topological polar surface area (TPSA) is 17.1 Å². The van der Waals surface area contributed by atoms with Crippen LogP contribution < -0.4 is 0 Å². The second-order valence-electron chi connectivity index (χ2n) is 0. The molecule has 0 aliphatic carbocycles. The van der Waals surface area contributed by atoms with E-state index >= 15 is 0 Å². The first kappa shape index (κ1) is 18.2. The van der Waals surface area contributed by atoms with Gasteiger partial charge < -0.3 is 2.85 Å². The second-order valence-corrected chi connectivity index (χ2v) is 0. The van der Waals surface area contributed by atoms with E-state index in [-0.39, 0.29) is 38.3 Å². The maximum atomic E-state index is 8.17. The average molecular weight is 106 g/mol. The van der Waals surface area contributed by atoms with Gasteiger partial charge in [-0.2, -0.15) is 0 Å². The Bertz CT molecular complexity index is 13.5. The zero-order valence-corrected chi connectivity index (χ0v) is 5.49. The summed E-state index contributed by atoms with van der Waals surface area (Å²) in [5.41, 5.74) is 0. The third-order valence-corrected chi connectivity index (χ3v) is 0. The number of rotatable bonds is 0. The monoisotopic (exact) mass is 105 g/mol.